The first-order valence-corrected chi connectivity index (χ1v) is 6.68. The van der Waals surface area contributed by atoms with Gasteiger partial charge in [-0.25, -0.2) is 0 Å². The van der Waals surface area contributed by atoms with Gasteiger partial charge in [0.1, 0.15) is 0 Å². The second-order valence-corrected chi connectivity index (χ2v) is 4.45. The van der Waals surface area contributed by atoms with Crippen LogP contribution in [0.4, 0.5) is 0 Å². The number of hydrogen-bond acceptors (Lipinski definition) is 4. The van der Waals surface area contributed by atoms with E-state index in [1.807, 2.05) is 0 Å². The van der Waals surface area contributed by atoms with Crippen molar-refractivity contribution in [2.45, 2.75) is 45.2 Å². The molecule has 0 aromatic carbocycles. The quantitative estimate of drug-likeness (QED) is 0.600. The van der Waals surface area contributed by atoms with E-state index >= 15 is 0 Å². The van der Waals surface area contributed by atoms with Crippen LogP contribution in [0.5, 0.6) is 0 Å². The van der Waals surface area contributed by atoms with Crippen molar-refractivity contribution in [3.8, 4) is 0 Å². The molecule has 0 saturated carbocycles. The fraction of sp³-hybridized carbons (Fsp3) is 1.00. The van der Waals surface area contributed by atoms with Crippen LogP contribution in [-0.2, 0) is 9.47 Å². The minimum Gasteiger partial charge on any atom is -0.383 e. The van der Waals surface area contributed by atoms with Crippen LogP contribution < -0.4 is 5.73 Å². The summed E-state index contributed by atoms with van der Waals surface area (Å²) in [4.78, 5) is 2.40. The average Bonchev–Trinajstić information content (AvgIpc) is 2.33. The lowest BCUT2D eigenvalue weighted by atomic mass is 10.00. The van der Waals surface area contributed by atoms with Crippen molar-refractivity contribution in [3.05, 3.63) is 0 Å². The SMILES string of the molecule is CCCC(N)C(CC)N(CCOC)CCOC. The van der Waals surface area contributed by atoms with Crippen LogP contribution in [0, 0.1) is 0 Å². The highest BCUT2D eigenvalue weighted by Crippen LogP contribution is 2.11. The molecule has 4 heteroatoms. The fourth-order valence-corrected chi connectivity index (χ4v) is 2.22. The Morgan fingerprint density at radius 2 is 1.59 bits per heavy atom. The average molecular weight is 246 g/mol. The van der Waals surface area contributed by atoms with E-state index in [2.05, 4.69) is 18.7 Å². The van der Waals surface area contributed by atoms with Crippen molar-refractivity contribution in [1.82, 2.24) is 4.90 Å². The first kappa shape index (κ1) is 16.8. The molecule has 0 rings (SSSR count). The van der Waals surface area contributed by atoms with Gasteiger partial charge in [-0.1, -0.05) is 20.3 Å². The predicted octanol–water partition coefficient (Wildman–Crippen LogP) is 1.49. The number of nitrogens with two attached hydrogens (primary N) is 1. The molecule has 17 heavy (non-hydrogen) atoms. The molecular formula is C13H30N2O2. The molecule has 2 atom stereocenters. The van der Waals surface area contributed by atoms with E-state index in [1.165, 1.54) is 0 Å². The molecule has 0 heterocycles. The Hall–Kier alpha value is -0.160. The minimum atomic E-state index is 0.249. The highest BCUT2D eigenvalue weighted by Gasteiger charge is 2.22. The Morgan fingerprint density at radius 3 is 1.94 bits per heavy atom. The highest BCUT2D eigenvalue weighted by atomic mass is 16.5. The van der Waals surface area contributed by atoms with Gasteiger partial charge in [0.2, 0.25) is 0 Å². The minimum absolute atomic E-state index is 0.249. The second kappa shape index (κ2) is 11.0. The number of nitrogens with zero attached hydrogens (tertiary/aromatic N) is 1. The van der Waals surface area contributed by atoms with Gasteiger partial charge < -0.3 is 15.2 Å². The first-order chi connectivity index (χ1) is 8.21. The van der Waals surface area contributed by atoms with Crippen LogP contribution in [0.2, 0.25) is 0 Å². The molecule has 104 valence electrons. The van der Waals surface area contributed by atoms with Crippen molar-refractivity contribution >= 4 is 0 Å². The zero-order valence-corrected chi connectivity index (χ0v) is 11.9. The predicted molar refractivity (Wildman–Crippen MR) is 72.3 cm³/mol. The van der Waals surface area contributed by atoms with E-state index in [0.29, 0.717) is 6.04 Å². The van der Waals surface area contributed by atoms with Crippen molar-refractivity contribution in [1.29, 1.82) is 0 Å². The fourth-order valence-electron chi connectivity index (χ4n) is 2.22. The highest BCUT2D eigenvalue weighted by molar-refractivity contribution is 4.81. The third kappa shape index (κ3) is 6.99. The van der Waals surface area contributed by atoms with Crippen LogP contribution in [0.3, 0.4) is 0 Å². The summed E-state index contributed by atoms with van der Waals surface area (Å²) in [7, 11) is 3.48. The number of rotatable bonds is 11. The zero-order valence-electron chi connectivity index (χ0n) is 11.9. The summed E-state index contributed by atoms with van der Waals surface area (Å²) >= 11 is 0. The van der Waals surface area contributed by atoms with E-state index < -0.39 is 0 Å². The Labute approximate surface area is 106 Å². The van der Waals surface area contributed by atoms with Gasteiger partial charge in [0.05, 0.1) is 13.2 Å². The van der Waals surface area contributed by atoms with Gasteiger partial charge in [-0.05, 0) is 12.8 Å². The molecule has 0 aromatic rings. The van der Waals surface area contributed by atoms with E-state index in [4.69, 9.17) is 15.2 Å². The molecule has 0 spiro atoms. The summed E-state index contributed by atoms with van der Waals surface area (Å²) in [6.45, 7) is 7.73. The smallest absolute Gasteiger partial charge is 0.0589 e. The third-order valence-electron chi connectivity index (χ3n) is 3.17. The first-order valence-electron chi connectivity index (χ1n) is 6.68. The van der Waals surface area contributed by atoms with Gasteiger partial charge in [-0.15, -0.1) is 0 Å². The zero-order chi connectivity index (χ0) is 13.1. The maximum atomic E-state index is 6.26. The van der Waals surface area contributed by atoms with Crippen LogP contribution in [0.1, 0.15) is 33.1 Å². The Kier molecular flexibility index (Phi) is 10.9. The second-order valence-electron chi connectivity index (χ2n) is 4.45. The lowest BCUT2D eigenvalue weighted by Gasteiger charge is -2.34. The summed E-state index contributed by atoms with van der Waals surface area (Å²) in [6.07, 6.45) is 3.30. The molecule has 2 N–H and O–H groups in total. The van der Waals surface area contributed by atoms with Gasteiger partial charge in [-0.3, -0.25) is 4.90 Å². The number of ether oxygens (including phenoxy) is 2. The number of hydrogen-bond donors (Lipinski definition) is 1. The van der Waals surface area contributed by atoms with E-state index in [1.54, 1.807) is 14.2 Å². The van der Waals surface area contributed by atoms with Gasteiger partial charge in [0, 0.05) is 39.4 Å². The largest absolute Gasteiger partial charge is 0.383 e. The van der Waals surface area contributed by atoms with Crippen LogP contribution in [0.25, 0.3) is 0 Å². The van der Waals surface area contributed by atoms with E-state index in [-0.39, 0.29) is 6.04 Å². The molecule has 0 radical (unpaired) electrons. The summed E-state index contributed by atoms with van der Waals surface area (Å²) < 4.78 is 10.3. The monoisotopic (exact) mass is 246 g/mol. The standard InChI is InChI=1S/C13H30N2O2/c1-5-7-12(14)13(6-2)15(8-10-16-3)9-11-17-4/h12-13H,5-11,14H2,1-4H3. The van der Waals surface area contributed by atoms with Crippen molar-refractivity contribution in [2.24, 2.45) is 5.73 Å². The molecule has 0 fully saturated rings. The van der Waals surface area contributed by atoms with Gasteiger partial charge in [0.25, 0.3) is 0 Å². The Morgan fingerprint density at radius 1 is 1.06 bits per heavy atom. The van der Waals surface area contributed by atoms with Crippen LogP contribution >= 0.6 is 0 Å². The third-order valence-corrected chi connectivity index (χ3v) is 3.17. The normalized spacial score (nSPS) is 15.2. The van der Waals surface area contributed by atoms with Crippen molar-refractivity contribution in [3.63, 3.8) is 0 Å². The van der Waals surface area contributed by atoms with Crippen molar-refractivity contribution in [2.75, 3.05) is 40.5 Å². The Balaban J connectivity index is 4.35. The van der Waals surface area contributed by atoms with Crippen LogP contribution in [0.15, 0.2) is 0 Å². The lowest BCUT2D eigenvalue weighted by Crippen LogP contribution is -2.49. The molecule has 0 bridgehead atoms. The maximum Gasteiger partial charge on any atom is 0.0589 e. The Bertz CT molecular complexity index is 159. The maximum absolute atomic E-state index is 6.26. The number of methoxy groups -OCH3 is 2. The summed E-state index contributed by atoms with van der Waals surface area (Å²) in [5.74, 6) is 0. The molecule has 0 aliphatic heterocycles. The van der Waals surface area contributed by atoms with E-state index in [9.17, 15) is 0 Å². The molecule has 0 aromatic heterocycles. The summed E-state index contributed by atoms with van der Waals surface area (Å²) in [5.41, 5.74) is 6.26. The molecule has 2 unspecified atom stereocenters. The van der Waals surface area contributed by atoms with Gasteiger partial charge in [0.15, 0.2) is 0 Å². The summed E-state index contributed by atoms with van der Waals surface area (Å²) in [5, 5.41) is 0. The van der Waals surface area contributed by atoms with Gasteiger partial charge >= 0.3 is 0 Å². The van der Waals surface area contributed by atoms with Crippen LogP contribution in [-0.4, -0.2) is 57.5 Å². The molecule has 4 nitrogen and oxygen atoms in total. The van der Waals surface area contributed by atoms with E-state index in [0.717, 1.165) is 45.6 Å². The summed E-state index contributed by atoms with van der Waals surface area (Å²) in [6, 6.07) is 0.680. The topological polar surface area (TPSA) is 47.7 Å². The van der Waals surface area contributed by atoms with Crippen molar-refractivity contribution < 1.29 is 9.47 Å². The molecule has 0 aliphatic carbocycles. The van der Waals surface area contributed by atoms with Gasteiger partial charge in [-0.2, -0.15) is 0 Å². The lowest BCUT2D eigenvalue weighted by molar-refractivity contribution is 0.0756. The molecule has 0 aliphatic rings. The molecular weight excluding hydrogens is 216 g/mol. The molecule has 0 amide bonds. The molecule has 0 saturated heterocycles.